The second kappa shape index (κ2) is 10.6. The largest absolute Gasteiger partial charge is 0.497 e. The first-order chi connectivity index (χ1) is 14.9. The minimum atomic E-state index is -0.747. The lowest BCUT2D eigenvalue weighted by molar-refractivity contribution is 0.0911. The fraction of sp³-hybridized carbons (Fsp3) is 0.238. The SMILES string of the molecule is COc1ccc(C(=O)N[C@H](CO)c2nnc(SCC(=O)c3ccc(Br)cc3)n2C)cc1. The smallest absolute Gasteiger partial charge is 0.251 e. The van der Waals surface area contributed by atoms with Crippen molar-refractivity contribution in [3.05, 3.63) is 70.0 Å². The van der Waals surface area contributed by atoms with Crippen molar-refractivity contribution in [2.24, 2.45) is 7.05 Å². The van der Waals surface area contributed by atoms with Gasteiger partial charge < -0.3 is 19.7 Å². The minimum Gasteiger partial charge on any atom is -0.497 e. The first kappa shape index (κ1) is 23.0. The van der Waals surface area contributed by atoms with Crippen molar-refractivity contribution >= 4 is 39.4 Å². The molecule has 0 fully saturated rings. The van der Waals surface area contributed by atoms with Gasteiger partial charge in [0, 0.05) is 22.6 Å². The molecule has 0 unspecified atom stereocenters. The van der Waals surface area contributed by atoms with Gasteiger partial charge >= 0.3 is 0 Å². The predicted octanol–water partition coefficient (Wildman–Crippen LogP) is 3.02. The highest BCUT2D eigenvalue weighted by atomic mass is 79.9. The highest BCUT2D eigenvalue weighted by Crippen LogP contribution is 2.21. The molecule has 2 aromatic carbocycles. The number of rotatable bonds is 9. The van der Waals surface area contributed by atoms with Crippen molar-refractivity contribution in [1.29, 1.82) is 0 Å². The van der Waals surface area contributed by atoms with Gasteiger partial charge in [-0.2, -0.15) is 0 Å². The number of methoxy groups -OCH3 is 1. The molecule has 3 aromatic rings. The molecule has 0 saturated carbocycles. The first-order valence-electron chi connectivity index (χ1n) is 9.29. The van der Waals surface area contributed by atoms with Gasteiger partial charge in [-0.05, 0) is 36.4 Å². The summed E-state index contributed by atoms with van der Waals surface area (Å²) < 4.78 is 7.66. The number of ketones is 1. The fourth-order valence-electron chi connectivity index (χ4n) is 2.78. The van der Waals surface area contributed by atoms with Crippen molar-refractivity contribution in [1.82, 2.24) is 20.1 Å². The van der Waals surface area contributed by atoms with E-state index in [0.717, 1.165) is 4.47 Å². The molecule has 10 heteroatoms. The molecule has 1 aromatic heterocycles. The van der Waals surface area contributed by atoms with Crippen LogP contribution in [-0.2, 0) is 7.05 Å². The quantitative estimate of drug-likeness (QED) is 0.340. The van der Waals surface area contributed by atoms with Crippen LogP contribution >= 0.6 is 27.7 Å². The van der Waals surface area contributed by atoms with Crippen LogP contribution in [0.4, 0.5) is 0 Å². The van der Waals surface area contributed by atoms with E-state index in [-0.39, 0.29) is 24.1 Å². The number of hydrogen-bond donors (Lipinski definition) is 2. The Kier molecular flexibility index (Phi) is 7.83. The van der Waals surface area contributed by atoms with E-state index in [1.807, 2.05) is 12.1 Å². The van der Waals surface area contributed by atoms with E-state index >= 15 is 0 Å². The number of benzene rings is 2. The molecule has 1 heterocycles. The molecular weight excluding hydrogens is 484 g/mol. The Morgan fingerprint density at radius 3 is 2.39 bits per heavy atom. The molecule has 0 spiro atoms. The number of hydrogen-bond acceptors (Lipinski definition) is 7. The Balaban J connectivity index is 1.65. The zero-order valence-corrected chi connectivity index (χ0v) is 19.3. The summed E-state index contributed by atoms with van der Waals surface area (Å²) in [5.74, 6) is 0.832. The average Bonchev–Trinajstić information content (AvgIpc) is 3.16. The summed E-state index contributed by atoms with van der Waals surface area (Å²) in [5, 5.41) is 21.3. The minimum absolute atomic E-state index is 0.0337. The van der Waals surface area contributed by atoms with E-state index in [1.54, 1.807) is 55.1 Å². The Morgan fingerprint density at radius 1 is 1.13 bits per heavy atom. The van der Waals surface area contributed by atoms with Crippen LogP contribution in [0.15, 0.2) is 58.2 Å². The normalized spacial score (nSPS) is 11.7. The van der Waals surface area contributed by atoms with E-state index < -0.39 is 6.04 Å². The molecule has 3 rings (SSSR count). The Labute approximate surface area is 192 Å². The highest BCUT2D eigenvalue weighted by molar-refractivity contribution is 9.10. The van der Waals surface area contributed by atoms with Gasteiger partial charge in [-0.25, -0.2) is 0 Å². The van der Waals surface area contributed by atoms with Crippen LogP contribution in [0.5, 0.6) is 5.75 Å². The second-order valence-corrected chi connectivity index (χ2v) is 8.41. The summed E-state index contributed by atoms with van der Waals surface area (Å²) >= 11 is 4.59. The van der Waals surface area contributed by atoms with Crippen LogP contribution in [0.3, 0.4) is 0 Å². The average molecular weight is 505 g/mol. The van der Waals surface area contributed by atoms with Crippen molar-refractivity contribution in [2.45, 2.75) is 11.2 Å². The molecular formula is C21H21BrN4O4S. The number of carbonyl (C=O) groups is 2. The number of aliphatic hydroxyl groups excluding tert-OH is 1. The van der Waals surface area contributed by atoms with E-state index in [1.165, 1.54) is 11.8 Å². The number of nitrogens with zero attached hydrogens (tertiary/aromatic N) is 3. The molecule has 8 nitrogen and oxygen atoms in total. The number of aromatic nitrogens is 3. The van der Waals surface area contributed by atoms with Crippen LogP contribution in [0.1, 0.15) is 32.6 Å². The molecule has 0 bridgehead atoms. The highest BCUT2D eigenvalue weighted by Gasteiger charge is 2.22. The molecule has 31 heavy (non-hydrogen) atoms. The Bertz CT molecular complexity index is 1050. The van der Waals surface area contributed by atoms with Gasteiger partial charge in [0.15, 0.2) is 16.8 Å². The predicted molar refractivity (Wildman–Crippen MR) is 120 cm³/mol. The molecule has 0 aliphatic carbocycles. The van der Waals surface area contributed by atoms with E-state index in [0.29, 0.717) is 27.9 Å². The Morgan fingerprint density at radius 2 is 1.77 bits per heavy atom. The third-order valence-corrected chi connectivity index (χ3v) is 6.07. The molecule has 0 aliphatic rings. The topological polar surface area (TPSA) is 106 Å². The van der Waals surface area contributed by atoms with E-state index in [4.69, 9.17) is 4.74 Å². The van der Waals surface area contributed by atoms with Gasteiger partial charge in [-0.3, -0.25) is 9.59 Å². The number of nitrogens with one attached hydrogen (secondary N) is 1. The summed E-state index contributed by atoms with van der Waals surface area (Å²) in [7, 11) is 3.27. The lowest BCUT2D eigenvalue weighted by Crippen LogP contribution is -2.32. The molecule has 0 aliphatic heterocycles. The third kappa shape index (κ3) is 5.72. The van der Waals surface area contributed by atoms with Gasteiger partial charge in [-0.1, -0.05) is 39.8 Å². The van der Waals surface area contributed by atoms with Crippen LogP contribution in [0.25, 0.3) is 0 Å². The summed E-state index contributed by atoms with van der Waals surface area (Å²) in [6.07, 6.45) is 0. The summed E-state index contributed by atoms with van der Waals surface area (Å²) in [6.45, 7) is -0.351. The maximum atomic E-state index is 12.5. The number of carbonyl (C=O) groups excluding carboxylic acids is 2. The first-order valence-corrected chi connectivity index (χ1v) is 11.1. The maximum Gasteiger partial charge on any atom is 0.251 e. The van der Waals surface area contributed by atoms with Crippen molar-refractivity contribution in [2.75, 3.05) is 19.5 Å². The van der Waals surface area contributed by atoms with Gasteiger partial charge in [0.1, 0.15) is 11.8 Å². The number of Topliss-reactive ketones (excluding diaryl/α,β-unsaturated/α-hetero) is 1. The van der Waals surface area contributed by atoms with Crippen LogP contribution in [0, 0.1) is 0 Å². The summed E-state index contributed by atoms with van der Waals surface area (Å²) in [6, 6.07) is 13.0. The van der Waals surface area contributed by atoms with Gasteiger partial charge in [0.2, 0.25) is 0 Å². The van der Waals surface area contributed by atoms with Gasteiger partial charge in [-0.15, -0.1) is 10.2 Å². The number of thioether (sulfide) groups is 1. The lowest BCUT2D eigenvalue weighted by atomic mass is 10.2. The molecule has 162 valence electrons. The van der Waals surface area contributed by atoms with Crippen LogP contribution in [-0.4, -0.2) is 51.0 Å². The fourth-order valence-corrected chi connectivity index (χ4v) is 3.86. The standard InChI is InChI=1S/C21H21BrN4O4S/c1-26-19(17(11-27)23-20(29)14-5-9-16(30-2)10-6-14)24-25-21(26)31-12-18(28)13-3-7-15(22)8-4-13/h3-10,17,27H,11-12H2,1-2H3,(H,23,29)/t17-/m1/s1. The molecule has 1 amide bonds. The van der Waals surface area contributed by atoms with Gasteiger partial charge in [0.25, 0.3) is 5.91 Å². The monoisotopic (exact) mass is 504 g/mol. The van der Waals surface area contributed by atoms with Crippen molar-refractivity contribution < 1.29 is 19.4 Å². The lowest BCUT2D eigenvalue weighted by Gasteiger charge is -2.16. The van der Waals surface area contributed by atoms with Gasteiger partial charge in [0.05, 0.1) is 19.5 Å². The maximum absolute atomic E-state index is 12.5. The van der Waals surface area contributed by atoms with Crippen LogP contribution < -0.4 is 10.1 Å². The zero-order chi connectivity index (χ0) is 22.4. The molecule has 1 atom stereocenters. The molecule has 0 saturated heterocycles. The second-order valence-electron chi connectivity index (χ2n) is 6.56. The molecule has 0 radical (unpaired) electrons. The van der Waals surface area contributed by atoms with E-state index in [9.17, 15) is 14.7 Å². The number of halogens is 1. The van der Waals surface area contributed by atoms with Crippen molar-refractivity contribution in [3.63, 3.8) is 0 Å². The Hall–Kier alpha value is -2.69. The van der Waals surface area contributed by atoms with Crippen LogP contribution in [0.2, 0.25) is 0 Å². The molecule has 2 N–H and O–H groups in total. The number of aliphatic hydroxyl groups is 1. The zero-order valence-electron chi connectivity index (χ0n) is 16.9. The summed E-state index contributed by atoms with van der Waals surface area (Å²) in [5.41, 5.74) is 1.04. The summed E-state index contributed by atoms with van der Waals surface area (Å²) in [4.78, 5) is 24.9. The third-order valence-electron chi connectivity index (χ3n) is 4.52. The van der Waals surface area contributed by atoms with Crippen molar-refractivity contribution in [3.8, 4) is 5.75 Å². The van der Waals surface area contributed by atoms with E-state index in [2.05, 4.69) is 31.4 Å². The number of amides is 1. The number of ether oxygens (including phenoxy) is 1.